The average Bonchev–Trinajstić information content (AvgIpc) is 2.74. The highest BCUT2D eigenvalue weighted by atomic mass is 14.2. The summed E-state index contributed by atoms with van der Waals surface area (Å²) in [5.41, 5.74) is 9.04. The van der Waals surface area contributed by atoms with Crippen LogP contribution >= 0.6 is 0 Å². The molecule has 0 atom stereocenters. The second-order valence-corrected chi connectivity index (χ2v) is 8.08. The van der Waals surface area contributed by atoms with Crippen molar-refractivity contribution in [2.24, 2.45) is 0 Å². The third-order valence-corrected chi connectivity index (χ3v) is 5.86. The van der Waals surface area contributed by atoms with Crippen LogP contribution in [0.3, 0.4) is 0 Å². The largest absolute Gasteiger partial charge is 0.0616 e. The maximum absolute atomic E-state index is 2.34. The normalized spacial score (nSPS) is 11.3. The molecule has 5 aromatic carbocycles. The number of hydrogen-bond donors (Lipinski definition) is 0. The van der Waals surface area contributed by atoms with Gasteiger partial charge in [-0.25, -0.2) is 0 Å². The summed E-state index contributed by atoms with van der Waals surface area (Å²) in [6, 6.07) is 33.6. The van der Waals surface area contributed by atoms with Gasteiger partial charge in [0.15, 0.2) is 0 Å². The van der Waals surface area contributed by atoms with Crippen LogP contribution in [0.4, 0.5) is 0 Å². The first-order valence-electron chi connectivity index (χ1n) is 10.2. The maximum Gasteiger partial charge on any atom is -0.00202 e. The Bertz CT molecular complexity index is 1340. The molecule has 0 aliphatic rings. The van der Waals surface area contributed by atoms with Crippen LogP contribution in [-0.2, 0) is 0 Å². The van der Waals surface area contributed by atoms with E-state index < -0.39 is 0 Å². The molecule has 0 bridgehead atoms. The summed E-state index contributed by atoms with van der Waals surface area (Å²) in [6.07, 6.45) is 0. The molecule has 0 radical (unpaired) electrons. The molecule has 0 heteroatoms. The van der Waals surface area contributed by atoms with Gasteiger partial charge in [-0.2, -0.15) is 0 Å². The van der Waals surface area contributed by atoms with Crippen molar-refractivity contribution in [1.82, 2.24) is 0 Å². The van der Waals surface area contributed by atoms with E-state index in [9.17, 15) is 0 Å². The van der Waals surface area contributed by atoms with Crippen LogP contribution in [0.1, 0.15) is 16.7 Å². The molecular weight excluding hydrogens is 348 g/mol. The van der Waals surface area contributed by atoms with Gasteiger partial charge < -0.3 is 0 Å². The lowest BCUT2D eigenvalue weighted by atomic mass is 9.84. The lowest BCUT2D eigenvalue weighted by molar-refractivity contribution is 1.46. The second kappa shape index (κ2) is 6.90. The van der Waals surface area contributed by atoms with Crippen molar-refractivity contribution >= 4 is 21.5 Å². The van der Waals surface area contributed by atoms with Crippen molar-refractivity contribution in [2.75, 3.05) is 0 Å². The lowest BCUT2D eigenvalue weighted by Gasteiger charge is -2.19. The van der Waals surface area contributed by atoms with Gasteiger partial charge in [0.2, 0.25) is 0 Å². The Morgan fingerprint density at radius 3 is 1.41 bits per heavy atom. The fourth-order valence-electron chi connectivity index (χ4n) is 4.35. The standard InChI is InChI=1S/C29H24/c1-19-8-13-22(14-9-19)28-26-7-5-4-6-24(26)25-17-12-21(3)18-27(25)29(28)23-15-10-20(2)11-16-23/h4-18H,1-3H3. The molecule has 29 heavy (non-hydrogen) atoms. The van der Waals surface area contributed by atoms with Crippen molar-refractivity contribution in [3.8, 4) is 22.3 Å². The van der Waals surface area contributed by atoms with E-state index in [-0.39, 0.29) is 0 Å². The number of hydrogen-bond acceptors (Lipinski definition) is 0. The summed E-state index contributed by atoms with van der Waals surface area (Å²) < 4.78 is 0. The van der Waals surface area contributed by atoms with E-state index in [1.807, 2.05) is 0 Å². The minimum Gasteiger partial charge on any atom is -0.0616 e. The van der Waals surface area contributed by atoms with Crippen molar-refractivity contribution in [2.45, 2.75) is 20.8 Å². The van der Waals surface area contributed by atoms with Crippen molar-refractivity contribution < 1.29 is 0 Å². The Morgan fingerprint density at radius 1 is 0.379 bits per heavy atom. The zero-order valence-electron chi connectivity index (χ0n) is 17.2. The van der Waals surface area contributed by atoms with Gasteiger partial charge in [0.1, 0.15) is 0 Å². The summed E-state index contributed by atoms with van der Waals surface area (Å²) in [6.45, 7) is 6.47. The van der Waals surface area contributed by atoms with Gasteiger partial charge in [-0.05, 0) is 64.6 Å². The Hall–Kier alpha value is -3.38. The van der Waals surface area contributed by atoms with Gasteiger partial charge in [0, 0.05) is 0 Å². The van der Waals surface area contributed by atoms with Crippen molar-refractivity contribution in [3.05, 3.63) is 108 Å². The van der Waals surface area contributed by atoms with Gasteiger partial charge in [-0.1, -0.05) is 108 Å². The highest BCUT2D eigenvalue weighted by Crippen LogP contribution is 2.44. The third-order valence-electron chi connectivity index (χ3n) is 5.86. The van der Waals surface area contributed by atoms with Gasteiger partial charge in [-0.15, -0.1) is 0 Å². The van der Waals surface area contributed by atoms with E-state index in [0.717, 1.165) is 0 Å². The van der Waals surface area contributed by atoms with E-state index in [2.05, 4.69) is 112 Å². The number of fused-ring (bicyclic) bond motifs is 3. The molecule has 0 nitrogen and oxygen atoms in total. The molecule has 0 aliphatic heterocycles. The molecule has 0 N–H and O–H groups in total. The highest BCUT2D eigenvalue weighted by Gasteiger charge is 2.17. The van der Waals surface area contributed by atoms with Crippen LogP contribution in [0.25, 0.3) is 43.8 Å². The topological polar surface area (TPSA) is 0 Å². The smallest absolute Gasteiger partial charge is 0.00202 e. The average molecular weight is 373 g/mol. The quantitative estimate of drug-likeness (QED) is 0.274. The van der Waals surface area contributed by atoms with Crippen LogP contribution in [0.2, 0.25) is 0 Å². The molecule has 0 amide bonds. The van der Waals surface area contributed by atoms with Gasteiger partial charge in [0.05, 0.1) is 0 Å². The van der Waals surface area contributed by atoms with Crippen LogP contribution < -0.4 is 0 Å². The second-order valence-electron chi connectivity index (χ2n) is 8.08. The van der Waals surface area contributed by atoms with Crippen LogP contribution in [0.15, 0.2) is 91.0 Å². The summed E-state index contributed by atoms with van der Waals surface area (Å²) in [5, 5.41) is 5.26. The van der Waals surface area contributed by atoms with Gasteiger partial charge >= 0.3 is 0 Å². The van der Waals surface area contributed by atoms with E-state index in [4.69, 9.17) is 0 Å². The first-order chi connectivity index (χ1) is 14.1. The highest BCUT2D eigenvalue weighted by molar-refractivity contribution is 6.21. The summed E-state index contributed by atoms with van der Waals surface area (Å²) in [5.74, 6) is 0. The predicted octanol–water partition coefficient (Wildman–Crippen LogP) is 8.25. The summed E-state index contributed by atoms with van der Waals surface area (Å²) in [7, 11) is 0. The first kappa shape index (κ1) is 17.7. The molecule has 5 rings (SSSR count). The minimum atomic E-state index is 1.27. The molecule has 0 saturated carbocycles. The molecule has 0 saturated heterocycles. The van der Waals surface area contributed by atoms with Gasteiger partial charge in [-0.3, -0.25) is 0 Å². The Balaban J connectivity index is 2.02. The van der Waals surface area contributed by atoms with E-state index in [1.54, 1.807) is 0 Å². The fraction of sp³-hybridized carbons (Fsp3) is 0.103. The van der Waals surface area contributed by atoms with E-state index >= 15 is 0 Å². The SMILES string of the molecule is Cc1ccc(-c2c(-c3ccc(C)cc3)c3cc(C)ccc3c3ccccc23)cc1. The summed E-state index contributed by atoms with van der Waals surface area (Å²) >= 11 is 0. The number of rotatable bonds is 2. The monoisotopic (exact) mass is 372 g/mol. The first-order valence-corrected chi connectivity index (χ1v) is 10.2. The molecule has 0 aliphatic carbocycles. The molecule has 0 spiro atoms. The van der Waals surface area contributed by atoms with E-state index in [1.165, 1.54) is 60.5 Å². The molecule has 0 aromatic heterocycles. The Labute approximate surface area is 172 Å². The summed E-state index contributed by atoms with van der Waals surface area (Å²) in [4.78, 5) is 0. The minimum absolute atomic E-state index is 1.27. The molecule has 0 unspecified atom stereocenters. The van der Waals surface area contributed by atoms with Crippen molar-refractivity contribution in [3.63, 3.8) is 0 Å². The van der Waals surface area contributed by atoms with Crippen LogP contribution in [0, 0.1) is 20.8 Å². The Kier molecular flexibility index (Phi) is 4.21. The predicted molar refractivity (Wildman–Crippen MR) is 127 cm³/mol. The third kappa shape index (κ3) is 3.02. The van der Waals surface area contributed by atoms with E-state index in [0.29, 0.717) is 0 Å². The zero-order valence-corrected chi connectivity index (χ0v) is 17.2. The van der Waals surface area contributed by atoms with Crippen LogP contribution in [0.5, 0.6) is 0 Å². The Morgan fingerprint density at radius 2 is 0.828 bits per heavy atom. The van der Waals surface area contributed by atoms with Crippen LogP contribution in [-0.4, -0.2) is 0 Å². The van der Waals surface area contributed by atoms with Crippen molar-refractivity contribution in [1.29, 1.82) is 0 Å². The fourth-order valence-corrected chi connectivity index (χ4v) is 4.35. The van der Waals surface area contributed by atoms with Gasteiger partial charge in [0.25, 0.3) is 0 Å². The molecule has 0 heterocycles. The number of aryl methyl sites for hydroxylation is 3. The molecule has 5 aromatic rings. The maximum atomic E-state index is 2.34. The molecule has 0 fully saturated rings. The molecule has 140 valence electrons. The zero-order chi connectivity index (χ0) is 20.0. The molecular formula is C29H24. The lowest BCUT2D eigenvalue weighted by Crippen LogP contribution is -1.92. The number of benzene rings is 5.